The number of aliphatic hydroxyl groups is 1. The molecule has 3 rings (SSSR count). The van der Waals surface area contributed by atoms with Crippen LogP contribution in [0.2, 0.25) is 0 Å². The summed E-state index contributed by atoms with van der Waals surface area (Å²) in [5, 5.41) is 12.5. The number of aromatic nitrogens is 3. The normalized spacial score (nSPS) is 12.0. The third-order valence-electron chi connectivity index (χ3n) is 3.26. The summed E-state index contributed by atoms with van der Waals surface area (Å²) in [6, 6.07) is 3.68. The molecule has 3 aromatic rings. The molecule has 0 spiro atoms. The van der Waals surface area contributed by atoms with Gasteiger partial charge in [0.1, 0.15) is 5.82 Å². The minimum absolute atomic E-state index is 0. The first kappa shape index (κ1) is 21.9. The largest absolute Gasteiger partial charge is 1.00 e. The van der Waals surface area contributed by atoms with Crippen LogP contribution in [0.3, 0.4) is 0 Å². The van der Waals surface area contributed by atoms with Gasteiger partial charge in [0.05, 0.1) is 16.5 Å². The van der Waals surface area contributed by atoms with Crippen molar-refractivity contribution in [2.24, 2.45) is 0 Å². The number of rotatable bonds is 6. The van der Waals surface area contributed by atoms with Crippen LogP contribution < -0.4 is 66.6 Å². The van der Waals surface area contributed by atoms with E-state index in [1.807, 2.05) is 0 Å². The van der Waals surface area contributed by atoms with Gasteiger partial charge in [0.15, 0.2) is 11.6 Å². The quantitative estimate of drug-likeness (QED) is 0.311. The van der Waals surface area contributed by atoms with Crippen molar-refractivity contribution in [3.8, 4) is 0 Å². The number of aliphatic hydroxyl groups excluding tert-OH is 1. The molecular weight excluding hydrogens is 409 g/mol. The van der Waals surface area contributed by atoms with E-state index in [0.717, 1.165) is 29.2 Å². The third kappa shape index (κ3) is 5.10. The summed E-state index contributed by atoms with van der Waals surface area (Å²) in [5.41, 5.74) is 0.426. The SMILES string of the molecule is C[C@H](CO)Nc1nc(SCc2cccc(F)c2F)nc2[n-]c(=O)sc12.[K+]. The molecule has 1 aromatic carbocycles. The number of nitrogens with zero attached hydrogens (tertiary/aromatic N) is 3. The van der Waals surface area contributed by atoms with Crippen LogP contribution >= 0.6 is 23.1 Å². The smallest absolute Gasteiger partial charge is 0.413 e. The van der Waals surface area contributed by atoms with Crippen LogP contribution in [0.4, 0.5) is 14.6 Å². The van der Waals surface area contributed by atoms with Crippen molar-refractivity contribution in [2.45, 2.75) is 23.9 Å². The summed E-state index contributed by atoms with van der Waals surface area (Å²) < 4.78 is 27.5. The first-order valence-corrected chi connectivity index (χ1v) is 9.06. The Bertz CT molecular complexity index is 966. The summed E-state index contributed by atoms with van der Waals surface area (Å²) in [6.07, 6.45) is 0. The Labute approximate surface area is 198 Å². The van der Waals surface area contributed by atoms with E-state index >= 15 is 0 Å². The van der Waals surface area contributed by atoms with Crippen molar-refractivity contribution in [1.29, 1.82) is 0 Å². The molecule has 0 saturated carbocycles. The van der Waals surface area contributed by atoms with Crippen molar-refractivity contribution in [2.75, 3.05) is 11.9 Å². The van der Waals surface area contributed by atoms with Crippen molar-refractivity contribution in [1.82, 2.24) is 15.0 Å². The molecule has 0 aliphatic rings. The van der Waals surface area contributed by atoms with Gasteiger partial charge in [0, 0.05) is 17.4 Å². The van der Waals surface area contributed by atoms with Crippen molar-refractivity contribution < 1.29 is 65.3 Å². The van der Waals surface area contributed by atoms with Gasteiger partial charge >= 0.3 is 51.4 Å². The van der Waals surface area contributed by atoms with E-state index in [-0.39, 0.29) is 86.2 Å². The molecule has 2 N–H and O–H groups in total. The van der Waals surface area contributed by atoms with Crippen molar-refractivity contribution in [3.05, 3.63) is 45.1 Å². The molecule has 0 unspecified atom stereocenters. The molecular formula is C15H13F2KN4O2S2. The van der Waals surface area contributed by atoms with Crippen LogP contribution in [-0.4, -0.2) is 27.7 Å². The zero-order valence-electron chi connectivity index (χ0n) is 14.0. The van der Waals surface area contributed by atoms with Gasteiger partial charge < -0.3 is 20.4 Å². The van der Waals surface area contributed by atoms with Crippen LogP contribution in [0.1, 0.15) is 12.5 Å². The Morgan fingerprint density at radius 2 is 2.15 bits per heavy atom. The molecule has 0 aliphatic carbocycles. The fourth-order valence-electron chi connectivity index (χ4n) is 2.03. The van der Waals surface area contributed by atoms with E-state index in [0.29, 0.717) is 10.5 Å². The molecule has 0 amide bonds. The van der Waals surface area contributed by atoms with Gasteiger partial charge in [-0.3, -0.25) is 4.79 Å². The van der Waals surface area contributed by atoms with Crippen LogP contribution in [0.5, 0.6) is 0 Å². The van der Waals surface area contributed by atoms with Gasteiger partial charge in [-0.1, -0.05) is 23.5 Å². The second-order valence-electron chi connectivity index (χ2n) is 5.22. The average molecular weight is 423 g/mol. The molecule has 0 saturated heterocycles. The number of hydrogen-bond donors (Lipinski definition) is 2. The van der Waals surface area contributed by atoms with Crippen LogP contribution in [0, 0.1) is 11.6 Å². The summed E-state index contributed by atoms with van der Waals surface area (Å²) >= 11 is 2.00. The Balaban J connectivity index is 0.00000243. The molecule has 132 valence electrons. The van der Waals surface area contributed by atoms with Gasteiger partial charge in [0.25, 0.3) is 0 Å². The van der Waals surface area contributed by atoms with Gasteiger partial charge in [-0.15, -0.1) is 11.8 Å². The Hall–Kier alpha value is -0.404. The van der Waals surface area contributed by atoms with E-state index in [4.69, 9.17) is 0 Å². The number of anilines is 1. The molecule has 0 fully saturated rings. The minimum atomic E-state index is -0.913. The molecule has 11 heteroatoms. The fraction of sp³-hybridized carbons (Fsp3) is 0.267. The number of benzene rings is 1. The van der Waals surface area contributed by atoms with Crippen LogP contribution in [-0.2, 0) is 5.75 Å². The minimum Gasteiger partial charge on any atom is -0.413 e. The van der Waals surface area contributed by atoms with Crippen LogP contribution in [0.25, 0.3) is 10.3 Å². The second kappa shape index (κ2) is 9.69. The first-order valence-electron chi connectivity index (χ1n) is 7.26. The van der Waals surface area contributed by atoms with E-state index in [2.05, 4.69) is 20.3 Å². The van der Waals surface area contributed by atoms with Gasteiger partial charge in [0.2, 0.25) is 4.87 Å². The van der Waals surface area contributed by atoms with Gasteiger partial charge in [-0.2, -0.15) is 0 Å². The van der Waals surface area contributed by atoms with E-state index in [1.165, 1.54) is 12.1 Å². The predicted molar refractivity (Wildman–Crippen MR) is 93.1 cm³/mol. The zero-order chi connectivity index (χ0) is 18.0. The maximum atomic E-state index is 13.7. The summed E-state index contributed by atoms with van der Waals surface area (Å²) in [7, 11) is 0. The number of thiazole rings is 1. The topological polar surface area (TPSA) is 89.2 Å². The Morgan fingerprint density at radius 1 is 1.38 bits per heavy atom. The molecule has 6 nitrogen and oxygen atoms in total. The first-order chi connectivity index (χ1) is 12.0. The number of hydrogen-bond acceptors (Lipinski definition) is 7. The third-order valence-corrected chi connectivity index (χ3v) is 5.00. The summed E-state index contributed by atoms with van der Waals surface area (Å²) in [5.74, 6) is -1.31. The fourth-order valence-corrected chi connectivity index (χ4v) is 3.53. The monoisotopic (exact) mass is 422 g/mol. The average Bonchev–Trinajstić information content (AvgIpc) is 2.96. The molecule has 0 aliphatic heterocycles. The number of halogens is 2. The van der Waals surface area contributed by atoms with E-state index in [9.17, 15) is 18.7 Å². The van der Waals surface area contributed by atoms with Crippen molar-refractivity contribution >= 4 is 39.3 Å². The molecule has 1 atom stereocenters. The second-order valence-corrected chi connectivity index (χ2v) is 7.12. The van der Waals surface area contributed by atoms with Gasteiger partial charge in [-0.25, -0.2) is 13.8 Å². The number of thioether (sulfide) groups is 1. The maximum Gasteiger partial charge on any atom is 1.00 e. The summed E-state index contributed by atoms with van der Waals surface area (Å²) in [6.45, 7) is 1.63. The van der Waals surface area contributed by atoms with Gasteiger partial charge in [-0.05, 0) is 18.6 Å². The number of nitrogens with one attached hydrogen (secondary N) is 1. The molecule has 0 bridgehead atoms. The number of fused-ring (bicyclic) bond motifs is 1. The molecule has 2 heterocycles. The Morgan fingerprint density at radius 3 is 2.88 bits per heavy atom. The molecule has 0 radical (unpaired) electrons. The molecule has 2 aromatic heterocycles. The standard InChI is InChI=1S/C15H14F2N4O2S2.K/c1-7(5-22)18-12-11-13(21-15(23)25-11)20-14(19-12)24-6-8-3-2-4-9(16)10(8)17;/h2-4,7,22H,5-6H2,1H3,(H2,18,19,20,21,23);/q;+1/p-1/t7-;/m1./s1. The summed E-state index contributed by atoms with van der Waals surface area (Å²) in [4.78, 5) is 23.5. The maximum absolute atomic E-state index is 13.7. The molecule has 26 heavy (non-hydrogen) atoms. The Kier molecular flexibility index (Phi) is 8.16. The van der Waals surface area contributed by atoms with E-state index < -0.39 is 16.5 Å². The van der Waals surface area contributed by atoms with Crippen molar-refractivity contribution in [3.63, 3.8) is 0 Å². The predicted octanol–water partition coefficient (Wildman–Crippen LogP) is -0.624. The van der Waals surface area contributed by atoms with Crippen LogP contribution in [0.15, 0.2) is 28.2 Å². The van der Waals surface area contributed by atoms with E-state index in [1.54, 1.807) is 6.92 Å². The zero-order valence-corrected chi connectivity index (χ0v) is 18.7.